The summed E-state index contributed by atoms with van der Waals surface area (Å²) >= 11 is 6.37. The molecule has 0 bridgehead atoms. The van der Waals surface area contributed by atoms with Crippen LogP contribution in [0.4, 0.5) is 13.6 Å². The summed E-state index contributed by atoms with van der Waals surface area (Å²) < 4.78 is 39.7. The van der Waals surface area contributed by atoms with Gasteiger partial charge in [-0.25, -0.2) is 13.6 Å². The summed E-state index contributed by atoms with van der Waals surface area (Å²) in [5.74, 6) is -0.109. The molecule has 0 saturated carbocycles. The highest BCUT2D eigenvalue weighted by Crippen LogP contribution is 2.30. The molecule has 6 nitrogen and oxygen atoms in total. The molecule has 9 heteroatoms. The summed E-state index contributed by atoms with van der Waals surface area (Å²) in [6.07, 6.45) is -0.431. The van der Waals surface area contributed by atoms with Crippen LogP contribution in [0.25, 0.3) is 10.9 Å². The van der Waals surface area contributed by atoms with Gasteiger partial charge in [-0.3, -0.25) is 9.88 Å². The molecule has 2 heterocycles. The molecule has 3 aromatic rings. The number of aromatic nitrogens is 1. The highest BCUT2D eigenvalue weighted by molar-refractivity contribution is 6.32. The minimum Gasteiger partial charge on any atom is -0.497 e. The molecule has 4 rings (SSSR count). The van der Waals surface area contributed by atoms with Gasteiger partial charge < -0.3 is 14.8 Å². The Labute approximate surface area is 201 Å². The molecule has 1 aromatic heterocycles. The molecular formula is C25H26ClF2N3O3. The first-order chi connectivity index (χ1) is 16.4. The topological polar surface area (TPSA) is 63.7 Å². The molecule has 1 N–H and O–H groups in total. The smallest absolute Gasteiger partial charge is 0.407 e. The van der Waals surface area contributed by atoms with Crippen molar-refractivity contribution in [3.8, 4) is 5.75 Å². The number of likely N-dealkylation sites (tertiary alicyclic amines) is 1. The molecule has 1 aliphatic rings. The van der Waals surface area contributed by atoms with Crippen molar-refractivity contribution in [2.75, 3.05) is 26.7 Å². The van der Waals surface area contributed by atoms with E-state index in [2.05, 4.69) is 10.3 Å². The van der Waals surface area contributed by atoms with Gasteiger partial charge in [0.05, 0.1) is 12.1 Å². The van der Waals surface area contributed by atoms with Crippen LogP contribution >= 0.6 is 11.6 Å². The number of pyridine rings is 1. The van der Waals surface area contributed by atoms with Crippen LogP contribution in [0.1, 0.15) is 17.5 Å². The Morgan fingerprint density at radius 2 is 2.09 bits per heavy atom. The third-order valence-corrected chi connectivity index (χ3v) is 6.30. The second-order valence-electron chi connectivity index (χ2n) is 8.23. The fourth-order valence-electron chi connectivity index (χ4n) is 4.14. The monoisotopic (exact) mass is 489 g/mol. The fraction of sp³-hybridized carbons (Fsp3) is 0.360. The van der Waals surface area contributed by atoms with Crippen LogP contribution in [-0.4, -0.2) is 55.0 Å². The first kappa shape index (κ1) is 24.2. The molecule has 0 spiro atoms. The Bertz CT molecular complexity index is 1150. The van der Waals surface area contributed by atoms with Crippen LogP contribution in [0.15, 0.2) is 48.7 Å². The lowest BCUT2D eigenvalue weighted by molar-refractivity contribution is -0.00754. The lowest BCUT2D eigenvalue weighted by Gasteiger charge is -2.34. The Morgan fingerprint density at radius 3 is 2.82 bits per heavy atom. The van der Waals surface area contributed by atoms with Gasteiger partial charge in [-0.15, -0.1) is 0 Å². The van der Waals surface area contributed by atoms with E-state index in [1.807, 2.05) is 35.2 Å². The lowest BCUT2D eigenvalue weighted by atomic mass is 10.0. The first-order valence-electron chi connectivity index (χ1n) is 11.1. The van der Waals surface area contributed by atoms with Crippen molar-refractivity contribution in [3.63, 3.8) is 0 Å². The second kappa shape index (κ2) is 11.0. The molecule has 34 heavy (non-hydrogen) atoms. The van der Waals surface area contributed by atoms with Crippen molar-refractivity contribution < 1.29 is 23.0 Å². The number of nitrogens with zero attached hydrogens (tertiary/aromatic N) is 2. The number of rotatable bonds is 7. The van der Waals surface area contributed by atoms with Gasteiger partial charge in [0.15, 0.2) is 5.82 Å². The van der Waals surface area contributed by atoms with E-state index in [9.17, 15) is 13.6 Å². The van der Waals surface area contributed by atoms with E-state index in [1.165, 1.54) is 19.4 Å². The summed E-state index contributed by atoms with van der Waals surface area (Å²) in [7, 11) is 1.47. The summed E-state index contributed by atoms with van der Waals surface area (Å²) in [6, 6.07) is 12.4. The number of benzene rings is 2. The van der Waals surface area contributed by atoms with E-state index in [1.54, 1.807) is 6.07 Å². The average molecular weight is 490 g/mol. The number of hydrogen-bond donors (Lipinski definition) is 1. The Hall–Kier alpha value is -2.97. The van der Waals surface area contributed by atoms with Gasteiger partial charge in [0.2, 0.25) is 0 Å². The molecule has 2 atom stereocenters. The minimum absolute atomic E-state index is 0.134. The number of fused-ring (bicyclic) bond motifs is 1. The van der Waals surface area contributed by atoms with Crippen molar-refractivity contribution in [1.29, 1.82) is 0 Å². The summed E-state index contributed by atoms with van der Waals surface area (Å²) in [4.78, 5) is 18.1. The Balaban J connectivity index is 1.32. The Morgan fingerprint density at radius 1 is 1.29 bits per heavy atom. The molecule has 180 valence electrons. The predicted molar refractivity (Wildman–Crippen MR) is 126 cm³/mol. The largest absolute Gasteiger partial charge is 0.497 e. The van der Waals surface area contributed by atoms with Crippen LogP contribution in [0.5, 0.6) is 5.75 Å². The normalized spacial score (nSPS) is 18.6. The quantitative estimate of drug-likeness (QED) is 0.510. The summed E-state index contributed by atoms with van der Waals surface area (Å²) in [5, 5.41) is 3.66. The van der Waals surface area contributed by atoms with E-state index >= 15 is 0 Å². The van der Waals surface area contributed by atoms with Crippen molar-refractivity contribution in [3.05, 3.63) is 70.6 Å². The number of hydrogen-bond acceptors (Lipinski definition) is 5. The number of ether oxygens (including phenoxy) is 2. The van der Waals surface area contributed by atoms with E-state index in [0.717, 1.165) is 11.1 Å². The molecule has 0 aliphatic carbocycles. The molecule has 1 fully saturated rings. The zero-order valence-electron chi connectivity index (χ0n) is 18.8. The summed E-state index contributed by atoms with van der Waals surface area (Å²) in [6.45, 7) is 1.54. The fourth-order valence-corrected chi connectivity index (χ4v) is 4.38. The first-order valence-corrected chi connectivity index (χ1v) is 11.5. The molecule has 1 aliphatic heterocycles. The average Bonchev–Trinajstić information content (AvgIpc) is 2.84. The third-order valence-electron chi connectivity index (χ3n) is 5.98. The third kappa shape index (κ3) is 5.74. The number of carbonyl (C=O) groups excluding carboxylic acids is 1. The molecule has 2 aromatic carbocycles. The van der Waals surface area contributed by atoms with Crippen LogP contribution in [0, 0.1) is 5.82 Å². The van der Waals surface area contributed by atoms with Crippen molar-refractivity contribution >= 4 is 28.6 Å². The zero-order chi connectivity index (χ0) is 24.1. The van der Waals surface area contributed by atoms with Gasteiger partial charge in [0.1, 0.15) is 23.5 Å². The van der Waals surface area contributed by atoms with Crippen molar-refractivity contribution in [2.24, 2.45) is 0 Å². The van der Waals surface area contributed by atoms with Crippen LogP contribution < -0.4 is 10.1 Å². The van der Waals surface area contributed by atoms with E-state index in [0.29, 0.717) is 48.6 Å². The Kier molecular flexibility index (Phi) is 7.80. The molecular weight excluding hydrogens is 464 g/mol. The molecule has 1 amide bonds. The highest BCUT2D eigenvalue weighted by Gasteiger charge is 2.32. The standard InChI is InChI=1S/C25H26ClF2N3O3/c1-33-17-11-19-18(20(26)14-29-24(19)21(27)12-17)7-9-31-10-8-23(22(28)15-31)34-25(32)30-13-16-5-3-2-4-6-16/h2-6,11-12,14,22-23H,7-10,13,15H2,1H3,(H,30,32). The maximum atomic E-state index is 14.8. The van der Waals surface area contributed by atoms with Gasteiger partial charge in [0.25, 0.3) is 0 Å². The van der Waals surface area contributed by atoms with E-state index in [4.69, 9.17) is 21.1 Å². The SMILES string of the molecule is COc1cc(F)c2ncc(Cl)c(CCN3CCC(OC(=O)NCc4ccccc4)C(F)C3)c2c1. The van der Waals surface area contributed by atoms with Crippen LogP contribution in [0.2, 0.25) is 5.02 Å². The number of carbonyl (C=O) groups is 1. The molecule has 2 unspecified atom stereocenters. The van der Waals surface area contributed by atoms with Crippen LogP contribution in [0.3, 0.4) is 0 Å². The minimum atomic E-state index is -1.31. The van der Waals surface area contributed by atoms with E-state index < -0.39 is 24.2 Å². The number of methoxy groups -OCH3 is 1. The van der Waals surface area contributed by atoms with Gasteiger partial charge in [-0.1, -0.05) is 41.9 Å². The van der Waals surface area contributed by atoms with Gasteiger partial charge in [-0.2, -0.15) is 0 Å². The maximum Gasteiger partial charge on any atom is 0.407 e. The summed E-state index contributed by atoms with van der Waals surface area (Å²) in [5.41, 5.74) is 1.89. The zero-order valence-corrected chi connectivity index (χ0v) is 19.5. The number of alkyl halides is 1. The number of amides is 1. The second-order valence-corrected chi connectivity index (χ2v) is 8.64. The number of halogens is 3. The lowest BCUT2D eigenvalue weighted by Crippen LogP contribution is -2.47. The van der Waals surface area contributed by atoms with Gasteiger partial charge in [-0.05, 0) is 23.6 Å². The van der Waals surface area contributed by atoms with Crippen LogP contribution in [-0.2, 0) is 17.7 Å². The maximum absolute atomic E-state index is 14.8. The van der Waals surface area contributed by atoms with Gasteiger partial charge in [0, 0.05) is 50.2 Å². The molecule has 0 radical (unpaired) electrons. The van der Waals surface area contributed by atoms with Crippen molar-refractivity contribution in [2.45, 2.75) is 31.7 Å². The highest BCUT2D eigenvalue weighted by atomic mass is 35.5. The van der Waals surface area contributed by atoms with Crippen molar-refractivity contribution in [1.82, 2.24) is 15.2 Å². The number of piperidine rings is 1. The number of nitrogens with one attached hydrogen (secondary N) is 1. The van der Waals surface area contributed by atoms with E-state index in [-0.39, 0.29) is 12.1 Å². The van der Waals surface area contributed by atoms with Gasteiger partial charge >= 0.3 is 6.09 Å². The molecule has 1 saturated heterocycles. The predicted octanol–water partition coefficient (Wildman–Crippen LogP) is 4.92. The number of alkyl carbamates (subject to hydrolysis) is 1.